The van der Waals surface area contributed by atoms with Crippen LogP contribution < -0.4 is 0 Å². The van der Waals surface area contributed by atoms with Gasteiger partial charge in [0.1, 0.15) is 0 Å². The first-order valence-corrected chi connectivity index (χ1v) is 8.25. The molecule has 21 heavy (non-hydrogen) atoms. The molecule has 0 bridgehead atoms. The van der Waals surface area contributed by atoms with Gasteiger partial charge in [-0.1, -0.05) is 0 Å². The Morgan fingerprint density at radius 2 is 2.19 bits per heavy atom. The number of hydrogen-bond acceptors (Lipinski definition) is 4. The molecule has 0 aliphatic carbocycles. The molecular weight excluding hydrogens is 266 g/mol. The number of rotatable bonds is 5. The fourth-order valence-corrected chi connectivity index (χ4v) is 3.19. The molecule has 2 fully saturated rings. The predicted octanol–water partition coefficient (Wildman–Crippen LogP) is 2.27. The Hall–Kier alpha value is -0.910. The molecule has 2 aliphatic rings. The minimum absolute atomic E-state index is 0.338. The summed E-state index contributed by atoms with van der Waals surface area (Å²) in [5.74, 6) is 0. The summed E-state index contributed by atoms with van der Waals surface area (Å²) in [7, 11) is 0. The quantitative estimate of drug-likeness (QED) is 0.905. The number of aromatic amines is 1. The monoisotopic (exact) mass is 293 g/mol. The van der Waals surface area contributed by atoms with Crippen LogP contribution in [0.3, 0.4) is 0 Å². The Morgan fingerprint density at radius 3 is 2.86 bits per heavy atom. The van der Waals surface area contributed by atoms with E-state index in [1.54, 1.807) is 0 Å². The van der Waals surface area contributed by atoms with E-state index in [1.165, 1.54) is 30.5 Å². The molecule has 0 radical (unpaired) electrons. The van der Waals surface area contributed by atoms with E-state index in [0.29, 0.717) is 12.2 Å². The zero-order valence-corrected chi connectivity index (χ0v) is 13.0. The lowest BCUT2D eigenvalue weighted by Crippen LogP contribution is -2.38. The smallest absolute Gasteiger partial charge is 0.0808 e. The number of hydrogen-bond donors (Lipinski definition) is 1. The van der Waals surface area contributed by atoms with Crippen LogP contribution in [0.4, 0.5) is 0 Å². The maximum atomic E-state index is 6.06. The molecule has 1 atom stereocenters. The summed E-state index contributed by atoms with van der Waals surface area (Å²) >= 11 is 0. The fourth-order valence-electron chi connectivity index (χ4n) is 3.19. The molecule has 2 aliphatic heterocycles. The van der Waals surface area contributed by atoms with Crippen molar-refractivity contribution >= 4 is 0 Å². The highest BCUT2D eigenvalue weighted by Crippen LogP contribution is 2.19. The van der Waals surface area contributed by atoms with E-state index in [4.69, 9.17) is 9.47 Å². The van der Waals surface area contributed by atoms with Gasteiger partial charge in [-0.3, -0.25) is 10.00 Å². The molecule has 118 valence electrons. The van der Waals surface area contributed by atoms with Crippen molar-refractivity contribution < 1.29 is 9.47 Å². The summed E-state index contributed by atoms with van der Waals surface area (Å²) in [6.45, 7) is 7.01. The van der Waals surface area contributed by atoms with Gasteiger partial charge in [0.25, 0.3) is 0 Å². The van der Waals surface area contributed by atoms with E-state index >= 15 is 0 Å². The highest BCUT2D eigenvalue weighted by Gasteiger charge is 2.22. The number of nitrogens with zero attached hydrogens (tertiary/aromatic N) is 2. The van der Waals surface area contributed by atoms with Crippen molar-refractivity contribution in [3.05, 3.63) is 17.5 Å². The van der Waals surface area contributed by atoms with Crippen LogP contribution in [0.25, 0.3) is 0 Å². The standard InChI is InChI=1S/C16H27N3O2/c1-13-14(10-17-18-13)11-19-7-5-15(6-8-19)21-12-16-4-2-3-9-20-16/h10,15-16H,2-9,11-12H2,1H3,(H,17,18). The maximum Gasteiger partial charge on any atom is 0.0808 e. The number of aryl methyl sites for hydroxylation is 1. The van der Waals surface area contributed by atoms with Gasteiger partial charge in [0.05, 0.1) is 25.0 Å². The van der Waals surface area contributed by atoms with Gasteiger partial charge in [0.2, 0.25) is 0 Å². The van der Waals surface area contributed by atoms with Crippen molar-refractivity contribution in [3.8, 4) is 0 Å². The molecule has 0 aromatic carbocycles. The highest BCUT2D eigenvalue weighted by molar-refractivity contribution is 5.14. The normalized spacial score (nSPS) is 25.3. The van der Waals surface area contributed by atoms with Crippen molar-refractivity contribution in [3.63, 3.8) is 0 Å². The summed E-state index contributed by atoms with van der Waals surface area (Å²) in [5, 5.41) is 7.10. The van der Waals surface area contributed by atoms with Crippen molar-refractivity contribution in [2.24, 2.45) is 0 Å². The lowest BCUT2D eigenvalue weighted by atomic mass is 10.1. The molecule has 1 N–H and O–H groups in total. The highest BCUT2D eigenvalue weighted by atomic mass is 16.5. The van der Waals surface area contributed by atoms with E-state index in [0.717, 1.165) is 45.7 Å². The Bertz CT molecular complexity index is 421. The van der Waals surface area contributed by atoms with Gasteiger partial charge in [-0.05, 0) is 39.0 Å². The molecule has 1 unspecified atom stereocenters. The number of aromatic nitrogens is 2. The van der Waals surface area contributed by atoms with Gasteiger partial charge in [-0.25, -0.2) is 0 Å². The average molecular weight is 293 g/mol. The molecule has 0 saturated carbocycles. The largest absolute Gasteiger partial charge is 0.376 e. The van der Waals surface area contributed by atoms with Crippen LogP contribution in [0.1, 0.15) is 43.4 Å². The van der Waals surface area contributed by atoms with Crippen LogP contribution in [0.15, 0.2) is 6.20 Å². The summed E-state index contributed by atoms with van der Waals surface area (Å²) in [6.07, 6.45) is 8.62. The second-order valence-corrected chi connectivity index (χ2v) is 6.32. The second-order valence-electron chi connectivity index (χ2n) is 6.32. The van der Waals surface area contributed by atoms with Crippen molar-refractivity contribution in [1.29, 1.82) is 0 Å². The molecule has 3 heterocycles. The number of ether oxygens (including phenoxy) is 2. The first kappa shape index (κ1) is 15.0. The summed E-state index contributed by atoms with van der Waals surface area (Å²) < 4.78 is 11.8. The van der Waals surface area contributed by atoms with Crippen LogP contribution in [-0.4, -0.2) is 53.6 Å². The third-order valence-corrected chi connectivity index (χ3v) is 4.65. The van der Waals surface area contributed by atoms with Crippen LogP contribution in [0.5, 0.6) is 0 Å². The van der Waals surface area contributed by atoms with Gasteiger partial charge >= 0.3 is 0 Å². The molecule has 1 aromatic rings. The minimum atomic E-state index is 0.338. The molecule has 3 rings (SSSR count). The third kappa shape index (κ3) is 4.28. The van der Waals surface area contributed by atoms with E-state index in [1.807, 2.05) is 6.20 Å². The topological polar surface area (TPSA) is 50.4 Å². The van der Waals surface area contributed by atoms with Gasteiger partial charge in [-0.15, -0.1) is 0 Å². The number of piperidine rings is 1. The first-order valence-electron chi connectivity index (χ1n) is 8.25. The van der Waals surface area contributed by atoms with Gasteiger partial charge in [0, 0.05) is 37.5 Å². The maximum absolute atomic E-state index is 6.06. The Labute approximate surface area is 127 Å². The number of nitrogens with one attached hydrogen (secondary N) is 1. The molecule has 2 saturated heterocycles. The third-order valence-electron chi connectivity index (χ3n) is 4.65. The molecule has 0 spiro atoms. The van der Waals surface area contributed by atoms with E-state index in [2.05, 4.69) is 22.0 Å². The van der Waals surface area contributed by atoms with Gasteiger partial charge < -0.3 is 9.47 Å². The SMILES string of the molecule is Cc1[nH]ncc1CN1CCC(OCC2CCCCO2)CC1. The summed E-state index contributed by atoms with van der Waals surface area (Å²) in [5.41, 5.74) is 2.49. The van der Waals surface area contributed by atoms with Crippen molar-refractivity contribution in [2.75, 3.05) is 26.3 Å². The van der Waals surface area contributed by atoms with E-state index in [9.17, 15) is 0 Å². The summed E-state index contributed by atoms with van der Waals surface area (Å²) in [4.78, 5) is 2.49. The minimum Gasteiger partial charge on any atom is -0.376 e. The molecule has 0 amide bonds. The first-order chi connectivity index (χ1) is 10.3. The molecular formula is C16H27N3O2. The van der Waals surface area contributed by atoms with Crippen molar-refractivity contribution in [2.45, 2.75) is 57.8 Å². The van der Waals surface area contributed by atoms with Gasteiger partial charge in [0.15, 0.2) is 0 Å². The van der Waals surface area contributed by atoms with Crippen LogP contribution in [0.2, 0.25) is 0 Å². The predicted molar refractivity (Wildman–Crippen MR) is 81.2 cm³/mol. The zero-order chi connectivity index (χ0) is 14.5. The van der Waals surface area contributed by atoms with E-state index < -0.39 is 0 Å². The van der Waals surface area contributed by atoms with Crippen LogP contribution in [-0.2, 0) is 16.0 Å². The Balaban J connectivity index is 1.36. The number of likely N-dealkylation sites (tertiary alicyclic amines) is 1. The van der Waals surface area contributed by atoms with Crippen LogP contribution >= 0.6 is 0 Å². The van der Waals surface area contributed by atoms with E-state index in [-0.39, 0.29) is 0 Å². The zero-order valence-electron chi connectivity index (χ0n) is 13.0. The lowest BCUT2D eigenvalue weighted by Gasteiger charge is -2.33. The molecule has 5 nitrogen and oxygen atoms in total. The van der Waals surface area contributed by atoms with Crippen molar-refractivity contribution in [1.82, 2.24) is 15.1 Å². The number of H-pyrrole nitrogens is 1. The fraction of sp³-hybridized carbons (Fsp3) is 0.812. The lowest BCUT2D eigenvalue weighted by molar-refractivity contribution is -0.0753. The van der Waals surface area contributed by atoms with Crippen LogP contribution in [0, 0.1) is 6.92 Å². The molecule has 5 heteroatoms. The Morgan fingerprint density at radius 1 is 1.33 bits per heavy atom. The average Bonchev–Trinajstić information content (AvgIpc) is 2.93. The van der Waals surface area contributed by atoms with Gasteiger partial charge in [-0.2, -0.15) is 5.10 Å². The Kier molecular flexibility index (Phi) is 5.27. The summed E-state index contributed by atoms with van der Waals surface area (Å²) in [6, 6.07) is 0. The second kappa shape index (κ2) is 7.38. The molecule has 1 aromatic heterocycles.